The molecule has 4 rings (SSSR count). The average Bonchev–Trinajstić information content (AvgIpc) is 2.71. The molecular formula is C23H16Cl3N2O2+. The number of hydrogen-bond donors (Lipinski definition) is 1. The molecule has 0 aliphatic rings. The van der Waals surface area contributed by atoms with Gasteiger partial charge in [-0.2, -0.15) is 8.97 Å². The number of pyridine rings is 1. The molecule has 0 amide bonds. The maximum atomic E-state index is 13.1. The van der Waals surface area contributed by atoms with Gasteiger partial charge in [0.05, 0.1) is 6.20 Å². The lowest BCUT2D eigenvalue weighted by molar-refractivity contribution is -0.670. The summed E-state index contributed by atoms with van der Waals surface area (Å²) in [7, 11) is 0. The van der Waals surface area contributed by atoms with Crippen molar-refractivity contribution >= 4 is 46.5 Å². The monoisotopic (exact) mass is 457 g/mol. The number of rotatable bonds is 4. The first-order chi connectivity index (χ1) is 14.4. The summed E-state index contributed by atoms with van der Waals surface area (Å²) < 4.78 is 3.14. The molecule has 150 valence electrons. The molecular weight excluding hydrogens is 443 g/mol. The van der Waals surface area contributed by atoms with E-state index < -0.39 is 0 Å². The summed E-state index contributed by atoms with van der Waals surface area (Å²) in [5.74, 6) is -0.162. The van der Waals surface area contributed by atoms with Crippen LogP contribution >= 0.6 is 34.8 Å². The van der Waals surface area contributed by atoms with Gasteiger partial charge >= 0.3 is 5.56 Å². The molecule has 0 aliphatic heterocycles. The zero-order valence-corrected chi connectivity index (χ0v) is 17.9. The van der Waals surface area contributed by atoms with Crippen molar-refractivity contribution in [1.29, 1.82) is 0 Å². The van der Waals surface area contributed by atoms with Crippen molar-refractivity contribution in [3.8, 4) is 17.0 Å². The predicted molar refractivity (Wildman–Crippen MR) is 121 cm³/mol. The van der Waals surface area contributed by atoms with Crippen LogP contribution in [0.2, 0.25) is 15.1 Å². The lowest BCUT2D eigenvalue weighted by Crippen LogP contribution is -2.40. The molecule has 0 bridgehead atoms. The summed E-state index contributed by atoms with van der Waals surface area (Å²) in [6, 6.07) is 17.5. The minimum absolute atomic E-state index is 0.128. The summed E-state index contributed by atoms with van der Waals surface area (Å²) in [4.78, 5) is 13.1. The summed E-state index contributed by atoms with van der Waals surface area (Å²) >= 11 is 18.2. The molecule has 4 nitrogen and oxygen atoms in total. The minimum atomic E-state index is -0.362. The van der Waals surface area contributed by atoms with E-state index in [0.717, 1.165) is 5.56 Å². The molecule has 30 heavy (non-hydrogen) atoms. The van der Waals surface area contributed by atoms with Crippen molar-refractivity contribution in [3.05, 3.63) is 104 Å². The summed E-state index contributed by atoms with van der Waals surface area (Å²) in [6.07, 6.45) is 5.48. The van der Waals surface area contributed by atoms with Crippen LogP contribution < -0.4 is 10.1 Å². The maximum Gasteiger partial charge on any atom is 0.354 e. The third-order valence-electron chi connectivity index (χ3n) is 4.65. The average molecular weight is 459 g/mol. The first-order valence-electron chi connectivity index (χ1n) is 9.09. The SMILES string of the molecule is O=c1c(-c2cc(Cl)cc(Cl)c2)c(O)[n+](C/C=C/c2ccc(Cl)cc2)c2ccccn12. The normalized spacial score (nSPS) is 11.4. The van der Waals surface area contributed by atoms with Crippen molar-refractivity contribution in [2.75, 3.05) is 0 Å². The molecule has 2 aromatic carbocycles. The number of allylic oxidation sites excluding steroid dienone is 1. The Hall–Kier alpha value is -2.79. The topological polar surface area (TPSA) is 45.6 Å². The molecule has 0 saturated heterocycles. The van der Waals surface area contributed by atoms with Crippen molar-refractivity contribution in [3.63, 3.8) is 0 Å². The van der Waals surface area contributed by atoms with E-state index in [9.17, 15) is 9.90 Å². The Bertz CT molecular complexity index is 1310. The molecule has 0 spiro atoms. The van der Waals surface area contributed by atoms with Crippen LogP contribution in [-0.4, -0.2) is 9.51 Å². The Morgan fingerprint density at radius 3 is 2.33 bits per heavy atom. The molecule has 0 radical (unpaired) electrons. The van der Waals surface area contributed by atoms with Crippen LogP contribution in [0.4, 0.5) is 0 Å². The molecule has 7 heteroatoms. The third kappa shape index (κ3) is 4.08. The van der Waals surface area contributed by atoms with E-state index in [2.05, 4.69) is 0 Å². The number of aromatic nitrogens is 2. The summed E-state index contributed by atoms with van der Waals surface area (Å²) in [6.45, 7) is 0.337. The number of benzene rings is 2. The van der Waals surface area contributed by atoms with Crippen molar-refractivity contribution in [2.45, 2.75) is 6.54 Å². The Morgan fingerprint density at radius 2 is 1.63 bits per heavy atom. The van der Waals surface area contributed by atoms with Crippen molar-refractivity contribution in [2.24, 2.45) is 0 Å². The smallest absolute Gasteiger partial charge is 0.354 e. The largest absolute Gasteiger partial charge is 0.477 e. The minimum Gasteiger partial charge on any atom is -0.477 e. The molecule has 4 aromatic rings. The van der Waals surface area contributed by atoms with Gasteiger partial charge in [-0.05, 0) is 48.0 Å². The molecule has 0 unspecified atom stereocenters. The van der Waals surface area contributed by atoms with Crippen LogP contribution in [0.5, 0.6) is 5.88 Å². The van der Waals surface area contributed by atoms with E-state index in [4.69, 9.17) is 34.8 Å². The van der Waals surface area contributed by atoms with Crippen LogP contribution in [0, 0.1) is 0 Å². The van der Waals surface area contributed by atoms with Crippen LogP contribution in [0.25, 0.3) is 22.9 Å². The molecule has 1 N–H and O–H groups in total. The van der Waals surface area contributed by atoms with Gasteiger partial charge in [-0.15, -0.1) is 0 Å². The van der Waals surface area contributed by atoms with Gasteiger partial charge in [0.1, 0.15) is 6.54 Å². The molecule has 2 heterocycles. The quantitative estimate of drug-likeness (QED) is 0.403. The number of halogens is 3. The van der Waals surface area contributed by atoms with Gasteiger partial charge in [-0.1, -0.05) is 59.1 Å². The van der Waals surface area contributed by atoms with E-state index in [0.29, 0.717) is 32.8 Å². The highest BCUT2D eigenvalue weighted by atomic mass is 35.5. The number of hydrogen-bond acceptors (Lipinski definition) is 2. The van der Waals surface area contributed by atoms with Gasteiger partial charge in [0.2, 0.25) is 0 Å². The second-order valence-electron chi connectivity index (χ2n) is 6.66. The first kappa shape index (κ1) is 20.5. The van der Waals surface area contributed by atoms with E-state index in [1.807, 2.05) is 42.5 Å². The second-order valence-corrected chi connectivity index (χ2v) is 7.96. The van der Waals surface area contributed by atoms with E-state index in [1.54, 1.807) is 41.1 Å². The fourth-order valence-corrected chi connectivity index (χ4v) is 3.94. The molecule has 0 aliphatic carbocycles. The van der Waals surface area contributed by atoms with E-state index >= 15 is 0 Å². The van der Waals surface area contributed by atoms with Crippen LogP contribution in [0.1, 0.15) is 5.56 Å². The Kier molecular flexibility index (Phi) is 5.82. The van der Waals surface area contributed by atoms with Crippen molar-refractivity contribution < 1.29 is 9.67 Å². The van der Waals surface area contributed by atoms with Crippen molar-refractivity contribution in [1.82, 2.24) is 4.40 Å². The van der Waals surface area contributed by atoms with Gasteiger partial charge in [0.15, 0.2) is 5.56 Å². The van der Waals surface area contributed by atoms with Gasteiger partial charge in [0, 0.05) is 26.7 Å². The summed E-state index contributed by atoms with van der Waals surface area (Å²) in [5, 5.41) is 12.5. The van der Waals surface area contributed by atoms with Gasteiger partial charge in [0.25, 0.3) is 11.5 Å². The Morgan fingerprint density at radius 1 is 0.933 bits per heavy atom. The Labute approximate surface area is 187 Å². The predicted octanol–water partition coefficient (Wildman–Crippen LogP) is 5.63. The van der Waals surface area contributed by atoms with Gasteiger partial charge in [-0.25, -0.2) is 4.79 Å². The number of aromatic hydroxyl groups is 1. The fourth-order valence-electron chi connectivity index (χ4n) is 3.28. The maximum absolute atomic E-state index is 13.1. The van der Waals surface area contributed by atoms with Crippen LogP contribution in [0.15, 0.2) is 77.7 Å². The third-order valence-corrected chi connectivity index (χ3v) is 5.33. The van der Waals surface area contributed by atoms with Gasteiger partial charge < -0.3 is 5.11 Å². The summed E-state index contributed by atoms with van der Waals surface area (Å²) in [5.41, 5.74) is 1.74. The zero-order valence-electron chi connectivity index (χ0n) is 15.6. The van der Waals surface area contributed by atoms with E-state index in [1.165, 1.54) is 4.40 Å². The molecule has 0 fully saturated rings. The first-order valence-corrected chi connectivity index (χ1v) is 10.2. The fraction of sp³-hybridized carbons (Fsp3) is 0.0435. The second kappa shape index (κ2) is 8.52. The molecule has 0 atom stereocenters. The van der Waals surface area contributed by atoms with Crippen LogP contribution in [0.3, 0.4) is 0 Å². The Balaban J connectivity index is 1.86. The number of fused-ring (bicyclic) bond motifs is 1. The highest BCUT2D eigenvalue weighted by Gasteiger charge is 2.24. The highest BCUT2D eigenvalue weighted by molar-refractivity contribution is 6.35. The standard InChI is InChI=1S/C23H15Cl3N2O2/c24-17-8-6-15(7-9-17)4-3-11-28-20-5-1-2-10-27(20)22(29)21(23(28)30)16-12-18(25)14-19(26)13-16/h1-10,12-14H,11H2/p+1/b4-3+. The van der Waals surface area contributed by atoms with Gasteiger partial charge in [-0.3, -0.25) is 0 Å². The zero-order chi connectivity index (χ0) is 21.3. The lowest BCUT2D eigenvalue weighted by atomic mass is 10.1. The highest BCUT2D eigenvalue weighted by Crippen LogP contribution is 2.29. The molecule has 2 aromatic heterocycles. The lowest BCUT2D eigenvalue weighted by Gasteiger charge is -2.09. The van der Waals surface area contributed by atoms with E-state index in [-0.39, 0.29) is 17.0 Å². The molecule has 0 saturated carbocycles. The van der Waals surface area contributed by atoms with Crippen LogP contribution in [-0.2, 0) is 6.54 Å². The number of nitrogens with zero attached hydrogens (tertiary/aromatic N) is 2.